The van der Waals surface area contributed by atoms with E-state index in [-0.39, 0.29) is 30.5 Å². The summed E-state index contributed by atoms with van der Waals surface area (Å²) in [5, 5.41) is 8.19. The topological polar surface area (TPSA) is 53.9 Å². The highest BCUT2D eigenvalue weighted by atomic mass is 19.4. The first-order valence-electron chi connectivity index (χ1n) is 12.0. The molecule has 0 bridgehead atoms. The maximum absolute atomic E-state index is 13.6. The summed E-state index contributed by atoms with van der Waals surface area (Å²) >= 11 is 0. The van der Waals surface area contributed by atoms with E-state index in [4.69, 9.17) is 5.41 Å². The molecule has 1 N–H and O–H groups in total. The Morgan fingerprint density at radius 3 is 1.89 bits per heavy atom. The average Bonchev–Trinajstić information content (AvgIpc) is 2.86. The second-order valence-corrected chi connectivity index (χ2v) is 9.48. The molecule has 0 spiro atoms. The zero-order valence-corrected chi connectivity index (χ0v) is 21.4. The lowest BCUT2D eigenvalue weighted by Crippen LogP contribution is -2.54. The van der Waals surface area contributed by atoms with Crippen molar-refractivity contribution in [3.8, 4) is 0 Å². The summed E-state index contributed by atoms with van der Waals surface area (Å²) in [7, 11) is 5.05. The lowest BCUT2D eigenvalue weighted by molar-refractivity contribution is -0.143. The molecule has 6 nitrogen and oxygen atoms in total. The van der Waals surface area contributed by atoms with Crippen molar-refractivity contribution in [2.75, 3.05) is 53.9 Å². The Labute approximate surface area is 217 Å². The van der Waals surface area contributed by atoms with Crippen LogP contribution in [0.2, 0.25) is 0 Å². The number of amides is 1. The molecule has 0 saturated carbocycles. The molecule has 12 heteroatoms. The molecule has 0 aliphatic carbocycles. The molecule has 2 aromatic carbocycles. The fourth-order valence-corrected chi connectivity index (χ4v) is 4.40. The lowest BCUT2D eigenvalue weighted by Gasteiger charge is -2.41. The molecule has 208 valence electrons. The minimum Gasteiger partial charge on any atom is -0.349 e. The minimum atomic E-state index is -4.93. The number of nitrogens with zero attached hydrogens (tertiary/aromatic N) is 4. The van der Waals surface area contributed by atoms with Crippen molar-refractivity contribution in [3.05, 3.63) is 70.8 Å². The zero-order chi connectivity index (χ0) is 28.3. The number of carbonyl (C=O) groups is 1. The van der Waals surface area contributed by atoms with E-state index in [9.17, 15) is 31.1 Å². The molecular weight excluding hydrogens is 512 g/mol. The van der Waals surface area contributed by atoms with Crippen LogP contribution in [0, 0.1) is 5.41 Å². The van der Waals surface area contributed by atoms with Gasteiger partial charge in [-0.15, -0.1) is 0 Å². The van der Waals surface area contributed by atoms with Crippen LogP contribution >= 0.6 is 0 Å². The second kappa shape index (κ2) is 11.6. The summed E-state index contributed by atoms with van der Waals surface area (Å²) in [6.45, 7) is 1.99. The molecule has 3 rings (SSSR count). The summed E-state index contributed by atoms with van der Waals surface area (Å²) in [6.07, 6.45) is -10.0. The van der Waals surface area contributed by atoms with E-state index in [1.54, 1.807) is 31.1 Å². The fraction of sp³-hybridized carbons (Fsp3) is 0.462. The number of guanidine groups is 1. The number of hydrogen-bond acceptors (Lipinski definition) is 3. The van der Waals surface area contributed by atoms with Crippen molar-refractivity contribution in [2.24, 2.45) is 0 Å². The molecule has 1 fully saturated rings. The number of hydrogen-bond donors (Lipinski definition) is 1. The maximum Gasteiger partial charge on any atom is 0.416 e. The monoisotopic (exact) mass is 543 g/mol. The molecule has 1 aliphatic heterocycles. The van der Waals surface area contributed by atoms with Crippen molar-refractivity contribution in [3.63, 3.8) is 0 Å². The molecular formula is C26H31F6N5O. The van der Waals surface area contributed by atoms with Crippen LogP contribution in [0.25, 0.3) is 0 Å². The van der Waals surface area contributed by atoms with E-state index in [0.717, 1.165) is 5.56 Å². The Bertz CT molecular complexity index is 1080. The molecule has 1 amide bonds. The number of alkyl halides is 6. The Morgan fingerprint density at radius 1 is 0.895 bits per heavy atom. The third-order valence-corrected chi connectivity index (χ3v) is 6.51. The van der Waals surface area contributed by atoms with Crippen LogP contribution in [0.5, 0.6) is 0 Å². The van der Waals surface area contributed by atoms with Gasteiger partial charge in [0.1, 0.15) is 6.04 Å². The van der Waals surface area contributed by atoms with Gasteiger partial charge in [0.2, 0.25) is 5.91 Å². The number of rotatable bonds is 6. The van der Waals surface area contributed by atoms with E-state index in [1.165, 1.54) is 11.9 Å². The van der Waals surface area contributed by atoms with E-state index in [1.807, 2.05) is 28.0 Å². The Morgan fingerprint density at radius 2 is 1.42 bits per heavy atom. The number of benzene rings is 2. The van der Waals surface area contributed by atoms with Gasteiger partial charge in [0.25, 0.3) is 0 Å². The highest BCUT2D eigenvalue weighted by Gasteiger charge is 2.37. The quantitative estimate of drug-likeness (QED) is 0.329. The third kappa shape index (κ3) is 7.18. The van der Waals surface area contributed by atoms with Gasteiger partial charge in [-0.1, -0.05) is 30.3 Å². The normalized spacial score (nSPS) is 15.8. The molecule has 0 radical (unpaired) electrons. The van der Waals surface area contributed by atoms with Gasteiger partial charge in [0, 0.05) is 53.9 Å². The molecule has 0 aromatic heterocycles. The molecule has 1 atom stereocenters. The first-order chi connectivity index (χ1) is 17.7. The van der Waals surface area contributed by atoms with Gasteiger partial charge in [-0.3, -0.25) is 15.1 Å². The Balaban J connectivity index is 1.78. The van der Waals surface area contributed by atoms with Crippen molar-refractivity contribution < 1.29 is 31.1 Å². The highest BCUT2D eigenvalue weighted by molar-refractivity contribution is 5.83. The van der Waals surface area contributed by atoms with E-state index in [0.29, 0.717) is 44.3 Å². The standard InChI is InChI=1S/C26H31F6N5O/c1-34(2)24(33)37-13-11-36(12-14-37)22(19-7-5-4-6-8-19)23(38)35(3)10-9-18-15-20(25(27,28)29)17-21(16-18)26(30,31)32/h4-8,15-17,22,33H,9-14H2,1-3H3. The molecule has 38 heavy (non-hydrogen) atoms. The fourth-order valence-electron chi connectivity index (χ4n) is 4.40. The summed E-state index contributed by atoms with van der Waals surface area (Å²) in [5.41, 5.74) is -2.17. The second-order valence-electron chi connectivity index (χ2n) is 9.48. The van der Waals surface area contributed by atoms with Crippen LogP contribution in [-0.2, 0) is 23.6 Å². The van der Waals surface area contributed by atoms with E-state index < -0.39 is 29.5 Å². The number of carbonyl (C=O) groups excluding carboxylic acids is 1. The van der Waals surface area contributed by atoms with Gasteiger partial charge in [-0.25, -0.2) is 0 Å². The van der Waals surface area contributed by atoms with Gasteiger partial charge < -0.3 is 14.7 Å². The average molecular weight is 544 g/mol. The summed E-state index contributed by atoms with van der Waals surface area (Å²) in [4.78, 5) is 20.5. The van der Waals surface area contributed by atoms with Crippen LogP contribution in [0.4, 0.5) is 26.3 Å². The maximum atomic E-state index is 13.6. The van der Waals surface area contributed by atoms with Crippen LogP contribution in [-0.4, -0.2) is 85.3 Å². The van der Waals surface area contributed by atoms with Gasteiger partial charge in [-0.2, -0.15) is 26.3 Å². The van der Waals surface area contributed by atoms with Crippen molar-refractivity contribution in [1.29, 1.82) is 5.41 Å². The molecule has 1 unspecified atom stereocenters. The number of halogens is 6. The first kappa shape index (κ1) is 29.3. The van der Waals surface area contributed by atoms with Crippen molar-refractivity contribution in [2.45, 2.75) is 24.8 Å². The molecule has 1 saturated heterocycles. The Kier molecular flexibility index (Phi) is 8.96. The van der Waals surface area contributed by atoms with Crippen LogP contribution in [0.15, 0.2) is 48.5 Å². The molecule has 1 heterocycles. The largest absolute Gasteiger partial charge is 0.416 e. The van der Waals surface area contributed by atoms with E-state index in [2.05, 4.69) is 0 Å². The minimum absolute atomic E-state index is 0.0635. The van der Waals surface area contributed by atoms with Gasteiger partial charge in [0.05, 0.1) is 11.1 Å². The van der Waals surface area contributed by atoms with Crippen molar-refractivity contribution >= 4 is 11.9 Å². The van der Waals surface area contributed by atoms with Crippen LogP contribution in [0.3, 0.4) is 0 Å². The smallest absolute Gasteiger partial charge is 0.349 e. The molecule has 1 aliphatic rings. The number of likely N-dealkylation sites (N-methyl/N-ethyl adjacent to an activating group) is 1. The number of piperazine rings is 1. The van der Waals surface area contributed by atoms with Crippen LogP contribution < -0.4 is 0 Å². The number of nitrogens with one attached hydrogen (secondary N) is 1. The first-order valence-corrected chi connectivity index (χ1v) is 12.0. The highest BCUT2D eigenvalue weighted by Crippen LogP contribution is 2.36. The Hall–Kier alpha value is -3.28. The van der Waals surface area contributed by atoms with Crippen LogP contribution in [0.1, 0.15) is 28.3 Å². The SMILES string of the molecule is CN(C)C(=N)N1CCN(C(C(=O)N(C)CCc2cc(C(F)(F)F)cc(C(F)(F)F)c2)c2ccccc2)CC1. The summed E-state index contributed by atoms with van der Waals surface area (Å²) in [5.74, 6) is 0.0547. The lowest BCUT2D eigenvalue weighted by atomic mass is 10.0. The zero-order valence-electron chi connectivity index (χ0n) is 21.4. The summed E-state index contributed by atoms with van der Waals surface area (Å²) in [6, 6.07) is 9.85. The summed E-state index contributed by atoms with van der Waals surface area (Å²) < 4.78 is 79.4. The van der Waals surface area contributed by atoms with Crippen molar-refractivity contribution in [1.82, 2.24) is 19.6 Å². The predicted octanol–water partition coefficient (Wildman–Crippen LogP) is 4.58. The van der Waals surface area contributed by atoms with Gasteiger partial charge >= 0.3 is 12.4 Å². The van der Waals surface area contributed by atoms with Gasteiger partial charge in [0.15, 0.2) is 5.96 Å². The van der Waals surface area contributed by atoms with Gasteiger partial charge in [-0.05, 0) is 35.7 Å². The molecule has 2 aromatic rings. The van der Waals surface area contributed by atoms with E-state index >= 15 is 0 Å². The third-order valence-electron chi connectivity index (χ3n) is 6.51. The predicted molar refractivity (Wildman–Crippen MR) is 132 cm³/mol.